The maximum atomic E-state index is 14.2. The van der Waals surface area contributed by atoms with Crippen molar-refractivity contribution in [3.05, 3.63) is 65.5 Å². The molecule has 4 heterocycles. The standard InChI is InChI=1S/C28H31F5N6O5/c1-25(2,34)21(40)36-27(16-43-13-17-6-7-18(29)11-20(17)30)23(44-27)37-9-10-39-24(42)38(15-28(31,32)33)22(41)26(39,14-37)12-19-5-3-4-8-35-19/h3-8,11,23H,9-10,12-16,34H2,1-2H3,(H,36,40)/t23?,26-,27+/m0/s1. The lowest BCUT2D eigenvalue weighted by Gasteiger charge is -2.44. The second-order valence-corrected chi connectivity index (χ2v) is 11.7. The van der Waals surface area contributed by atoms with Gasteiger partial charge in [-0.1, -0.05) is 12.1 Å². The van der Waals surface area contributed by atoms with Crippen LogP contribution in [0, 0.1) is 11.6 Å². The summed E-state index contributed by atoms with van der Waals surface area (Å²) in [6.45, 7) is 0.248. The van der Waals surface area contributed by atoms with Crippen LogP contribution in [0.15, 0.2) is 42.6 Å². The third-order valence-corrected chi connectivity index (χ3v) is 7.73. The van der Waals surface area contributed by atoms with Gasteiger partial charge in [-0.15, -0.1) is 0 Å². The summed E-state index contributed by atoms with van der Waals surface area (Å²) in [5.41, 5.74) is 1.76. The highest BCUT2D eigenvalue weighted by Gasteiger charge is 2.67. The number of nitrogens with one attached hydrogen (secondary N) is 1. The number of ether oxygens (including phenoxy) is 2. The number of fused-ring (bicyclic) bond motifs is 1. The van der Waals surface area contributed by atoms with Crippen molar-refractivity contribution in [2.45, 2.75) is 56.1 Å². The molecule has 1 aromatic heterocycles. The highest BCUT2D eigenvalue weighted by atomic mass is 19.4. The average molecular weight is 627 g/mol. The van der Waals surface area contributed by atoms with Gasteiger partial charge in [0.25, 0.3) is 5.91 Å². The number of hydrogen-bond donors (Lipinski definition) is 2. The third-order valence-electron chi connectivity index (χ3n) is 7.73. The Morgan fingerprint density at radius 3 is 2.57 bits per heavy atom. The summed E-state index contributed by atoms with van der Waals surface area (Å²) in [5, 5.41) is 2.70. The van der Waals surface area contributed by atoms with Crippen molar-refractivity contribution in [3.8, 4) is 0 Å². The van der Waals surface area contributed by atoms with Gasteiger partial charge in [-0.3, -0.25) is 24.4 Å². The van der Waals surface area contributed by atoms with Gasteiger partial charge in [0.15, 0.2) is 6.23 Å². The Balaban J connectivity index is 1.41. The molecular formula is C28H31F5N6O5. The number of aromatic nitrogens is 1. The van der Waals surface area contributed by atoms with Crippen LogP contribution in [0.3, 0.4) is 0 Å². The zero-order chi connectivity index (χ0) is 32.1. The number of nitrogens with two attached hydrogens (primary N) is 1. The summed E-state index contributed by atoms with van der Waals surface area (Å²) in [6, 6.07) is 6.80. The first-order valence-corrected chi connectivity index (χ1v) is 13.7. The van der Waals surface area contributed by atoms with Gasteiger partial charge in [-0.2, -0.15) is 13.2 Å². The lowest BCUT2D eigenvalue weighted by Crippen LogP contribution is -2.66. The number of halogens is 5. The van der Waals surface area contributed by atoms with Crippen LogP contribution in [0.5, 0.6) is 0 Å². The minimum absolute atomic E-state index is 0.0481. The summed E-state index contributed by atoms with van der Waals surface area (Å²) < 4.78 is 79.3. The highest BCUT2D eigenvalue weighted by Crippen LogP contribution is 2.43. The monoisotopic (exact) mass is 626 g/mol. The van der Waals surface area contributed by atoms with Crippen molar-refractivity contribution in [2.75, 3.05) is 32.8 Å². The molecule has 5 rings (SSSR count). The first-order chi connectivity index (χ1) is 20.5. The predicted octanol–water partition coefficient (Wildman–Crippen LogP) is 1.91. The van der Waals surface area contributed by atoms with E-state index >= 15 is 0 Å². The maximum Gasteiger partial charge on any atom is 0.406 e. The van der Waals surface area contributed by atoms with Crippen molar-refractivity contribution in [1.82, 2.24) is 25.0 Å². The van der Waals surface area contributed by atoms with E-state index in [2.05, 4.69) is 10.3 Å². The Morgan fingerprint density at radius 1 is 1.18 bits per heavy atom. The first-order valence-electron chi connectivity index (χ1n) is 13.7. The zero-order valence-corrected chi connectivity index (χ0v) is 23.9. The van der Waals surface area contributed by atoms with E-state index < -0.39 is 65.2 Å². The molecule has 3 atom stereocenters. The molecule has 3 fully saturated rings. The van der Waals surface area contributed by atoms with Crippen LogP contribution in [0.25, 0.3) is 0 Å². The number of imide groups is 1. The van der Waals surface area contributed by atoms with Gasteiger partial charge < -0.3 is 25.4 Å². The van der Waals surface area contributed by atoms with Crippen LogP contribution < -0.4 is 11.1 Å². The highest BCUT2D eigenvalue weighted by molar-refractivity contribution is 6.07. The topological polar surface area (TPSA) is 134 Å². The van der Waals surface area contributed by atoms with Crippen molar-refractivity contribution in [2.24, 2.45) is 5.73 Å². The lowest BCUT2D eigenvalue weighted by atomic mass is 9.88. The minimum Gasteiger partial charge on any atom is -0.371 e. The van der Waals surface area contributed by atoms with Crippen LogP contribution in [0.4, 0.5) is 26.7 Å². The number of carbonyl (C=O) groups is 3. The zero-order valence-electron chi connectivity index (χ0n) is 23.9. The second kappa shape index (κ2) is 11.3. The van der Waals surface area contributed by atoms with Crippen molar-refractivity contribution in [3.63, 3.8) is 0 Å². The Bertz CT molecular complexity index is 1440. The molecule has 1 unspecified atom stereocenters. The van der Waals surface area contributed by atoms with Gasteiger partial charge in [0.1, 0.15) is 23.7 Å². The van der Waals surface area contributed by atoms with Crippen LogP contribution in [0.1, 0.15) is 25.1 Å². The van der Waals surface area contributed by atoms with E-state index in [0.29, 0.717) is 11.8 Å². The number of urea groups is 1. The minimum atomic E-state index is -4.82. The Morgan fingerprint density at radius 2 is 1.93 bits per heavy atom. The molecule has 0 aliphatic carbocycles. The number of hydrogen-bond acceptors (Lipinski definition) is 8. The van der Waals surface area contributed by atoms with Gasteiger partial charge in [-0.05, 0) is 32.0 Å². The van der Waals surface area contributed by atoms with Crippen molar-refractivity contribution in [1.29, 1.82) is 0 Å². The summed E-state index contributed by atoms with van der Waals surface area (Å²) >= 11 is 0. The molecule has 3 N–H and O–H groups in total. The Hall–Kier alpha value is -3.73. The van der Waals surface area contributed by atoms with Crippen LogP contribution in [-0.4, -0.2) is 99.5 Å². The van der Waals surface area contributed by atoms with Crippen molar-refractivity contribution >= 4 is 17.8 Å². The summed E-state index contributed by atoms with van der Waals surface area (Å²) in [5.74, 6) is -3.25. The number of benzene rings is 1. The fourth-order valence-electron chi connectivity index (χ4n) is 5.51. The molecule has 3 aliphatic rings. The summed E-state index contributed by atoms with van der Waals surface area (Å²) in [7, 11) is 0. The maximum absolute atomic E-state index is 14.2. The summed E-state index contributed by atoms with van der Waals surface area (Å²) in [4.78, 5) is 46.9. The van der Waals surface area contributed by atoms with E-state index in [-0.39, 0.29) is 49.7 Å². The van der Waals surface area contributed by atoms with Crippen molar-refractivity contribution < 1.29 is 45.8 Å². The Kier molecular flexibility index (Phi) is 8.15. The molecule has 0 radical (unpaired) electrons. The molecule has 1 aromatic carbocycles. The van der Waals surface area contributed by atoms with E-state index in [0.717, 1.165) is 11.0 Å². The SMILES string of the molecule is CC(C)(N)C(=O)N[C@]1(COCc2ccc(F)cc2F)OC1N1CCN2C(=O)N(CC(F)(F)F)C(=O)[C@]2(Cc2ccccn2)C1. The predicted molar refractivity (Wildman–Crippen MR) is 142 cm³/mol. The van der Waals surface area contributed by atoms with E-state index in [1.54, 1.807) is 23.1 Å². The van der Waals surface area contributed by atoms with Gasteiger partial charge in [0, 0.05) is 49.6 Å². The number of nitrogens with zero attached hydrogens (tertiary/aromatic N) is 4. The summed E-state index contributed by atoms with van der Waals surface area (Å²) in [6.07, 6.45) is -4.48. The Labute approximate surface area is 249 Å². The van der Waals surface area contributed by atoms with Gasteiger partial charge in [0.2, 0.25) is 11.6 Å². The van der Waals surface area contributed by atoms with Gasteiger partial charge >= 0.3 is 12.2 Å². The first kappa shape index (κ1) is 31.7. The molecule has 3 aliphatic heterocycles. The molecule has 3 saturated heterocycles. The van der Waals surface area contributed by atoms with Crippen LogP contribution in [0.2, 0.25) is 0 Å². The average Bonchev–Trinajstić information content (AvgIpc) is 3.60. The normalized spacial score (nSPS) is 25.8. The fraction of sp³-hybridized carbons (Fsp3) is 0.500. The number of pyridine rings is 1. The van der Waals surface area contributed by atoms with E-state index in [4.69, 9.17) is 15.2 Å². The molecule has 11 nitrogen and oxygen atoms in total. The smallest absolute Gasteiger partial charge is 0.371 e. The van der Waals surface area contributed by atoms with E-state index in [1.165, 1.54) is 26.1 Å². The molecule has 44 heavy (non-hydrogen) atoms. The molecule has 0 bridgehead atoms. The van der Waals surface area contributed by atoms with E-state index in [1.807, 2.05) is 0 Å². The van der Waals surface area contributed by atoms with Crippen LogP contribution >= 0.6 is 0 Å². The number of alkyl halides is 3. The van der Waals surface area contributed by atoms with Gasteiger partial charge in [0.05, 0.1) is 18.8 Å². The fourth-order valence-corrected chi connectivity index (χ4v) is 5.51. The van der Waals surface area contributed by atoms with E-state index in [9.17, 15) is 36.3 Å². The van der Waals surface area contributed by atoms with Gasteiger partial charge in [-0.25, -0.2) is 13.6 Å². The largest absolute Gasteiger partial charge is 0.406 e. The number of carbonyl (C=O) groups excluding carboxylic acids is 3. The molecule has 0 saturated carbocycles. The molecule has 4 amide bonds. The third kappa shape index (κ3) is 6.24. The number of piperazine rings is 1. The lowest BCUT2D eigenvalue weighted by molar-refractivity contribution is -0.156. The second-order valence-electron chi connectivity index (χ2n) is 11.7. The number of epoxide rings is 1. The quantitative estimate of drug-likeness (QED) is 0.232. The molecule has 0 spiro atoms. The molecule has 16 heteroatoms. The van der Waals surface area contributed by atoms with Crippen LogP contribution in [-0.2, 0) is 32.1 Å². The number of amides is 4. The molecule has 238 valence electrons. The molecule has 2 aromatic rings. The molecular weight excluding hydrogens is 595 g/mol. The number of rotatable bonds is 10.